The molecule has 1 heterocycles. The van der Waals surface area contributed by atoms with Crippen LogP contribution in [0.1, 0.15) is 53.7 Å². The highest BCUT2D eigenvalue weighted by Gasteiger charge is 2.26. The van der Waals surface area contributed by atoms with Gasteiger partial charge in [0.15, 0.2) is 0 Å². The normalized spacial score (nSPS) is 16.9. The van der Waals surface area contributed by atoms with E-state index in [-0.39, 0.29) is 6.04 Å². The van der Waals surface area contributed by atoms with E-state index in [1.807, 2.05) is 18.7 Å². The summed E-state index contributed by atoms with van der Waals surface area (Å²) in [5.74, 6) is 6.54. The van der Waals surface area contributed by atoms with E-state index in [4.69, 9.17) is 5.84 Å². The second kappa shape index (κ2) is 5.38. The first-order valence-corrected chi connectivity index (χ1v) is 7.26. The molecule has 1 atom stereocenters. The molecule has 2 aromatic rings. The highest BCUT2D eigenvalue weighted by atomic mass is 15.3. The molecule has 106 valence electrons. The van der Waals surface area contributed by atoms with Crippen molar-refractivity contribution in [1.82, 2.24) is 15.2 Å². The van der Waals surface area contributed by atoms with Crippen molar-refractivity contribution in [2.45, 2.75) is 38.1 Å². The quantitative estimate of drug-likeness (QED) is 0.663. The van der Waals surface area contributed by atoms with Gasteiger partial charge in [0.05, 0.1) is 17.4 Å². The van der Waals surface area contributed by atoms with Crippen LogP contribution in [0.4, 0.5) is 0 Å². The Kier molecular flexibility index (Phi) is 3.59. The van der Waals surface area contributed by atoms with E-state index >= 15 is 0 Å². The van der Waals surface area contributed by atoms with E-state index in [0.29, 0.717) is 5.92 Å². The summed E-state index contributed by atoms with van der Waals surface area (Å²) in [6.07, 6.45) is 3.92. The van der Waals surface area contributed by atoms with Crippen molar-refractivity contribution in [2.75, 3.05) is 0 Å². The van der Waals surface area contributed by atoms with Crippen LogP contribution >= 0.6 is 0 Å². The van der Waals surface area contributed by atoms with Crippen LogP contribution in [0.25, 0.3) is 0 Å². The second-order valence-corrected chi connectivity index (χ2v) is 5.69. The average Bonchev–Trinajstić information content (AvgIpc) is 2.70. The lowest BCUT2D eigenvalue weighted by Gasteiger charge is -2.30. The number of hydrogen-bond acceptors (Lipinski definition) is 3. The van der Waals surface area contributed by atoms with E-state index in [1.165, 1.54) is 30.4 Å². The fourth-order valence-corrected chi connectivity index (χ4v) is 3.10. The Balaban J connectivity index is 2.03. The third-order valence-corrected chi connectivity index (χ3v) is 4.35. The molecule has 4 heteroatoms. The van der Waals surface area contributed by atoms with Crippen LogP contribution in [0.3, 0.4) is 0 Å². The van der Waals surface area contributed by atoms with Crippen molar-refractivity contribution in [3.63, 3.8) is 0 Å². The van der Waals surface area contributed by atoms with Crippen molar-refractivity contribution in [2.24, 2.45) is 12.9 Å². The Morgan fingerprint density at radius 1 is 1.35 bits per heavy atom. The molecule has 0 radical (unpaired) electrons. The molecule has 0 aliphatic heterocycles. The summed E-state index contributed by atoms with van der Waals surface area (Å²) in [6, 6.07) is 10.7. The summed E-state index contributed by atoms with van der Waals surface area (Å²) in [7, 11) is 1.97. The fourth-order valence-electron chi connectivity index (χ4n) is 3.10. The number of hydrazine groups is 1. The van der Waals surface area contributed by atoms with Gasteiger partial charge in [0.2, 0.25) is 0 Å². The first-order chi connectivity index (χ1) is 9.70. The van der Waals surface area contributed by atoms with E-state index < -0.39 is 0 Å². The minimum absolute atomic E-state index is 0.00185. The van der Waals surface area contributed by atoms with E-state index in [2.05, 4.69) is 40.9 Å². The van der Waals surface area contributed by atoms with Crippen molar-refractivity contribution in [1.29, 1.82) is 0 Å². The van der Waals surface area contributed by atoms with E-state index in [9.17, 15) is 0 Å². The zero-order valence-corrected chi connectivity index (χ0v) is 12.1. The smallest absolute Gasteiger partial charge is 0.0881 e. The van der Waals surface area contributed by atoms with Crippen molar-refractivity contribution in [3.05, 3.63) is 52.8 Å². The molecule has 1 aromatic carbocycles. The van der Waals surface area contributed by atoms with E-state index in [1.54, 1.807) is 0 Å². The Morgan fingerprint density at radius 2 is 2.10 bits per heavy atom. The van der Waals surface area contributed by atoms with Gasteiger partial charge in [-0.2, -0.15) is 5.10 Å². The lowest BCUT2D eigenvalue weighted by Crippen LogP contribution is -2.31. The molecule has 1 saturated carbocycles. The Hall–Kier alpha value is -1.65. The Morgan fingerprint density at radius 3 is 2.65 bits per heavy atom. The van der Waals surface area contributed by atoms with Crippen LogP contribution in [0.15, 0.2) is 30.3 Å². The van der Waals surface area contributed by atoms with Gasteiger partial charge in [0.1, 0.15) is 0 Å². The topological polar surface area (TPSA) is 55.9 Å². The Bertz CT molecular complexity index is 598. The van der Waals surface area contributed by atoms with Gasteiger partial charge >= 0.3 is 0 Å². The van der Waals surface area contributed by atoms with Gasteiger partial charge in [0.25, 0.3) is 0 Å². The van der Waals surface area contributed by atoms with E-state index in [0.717, 1.165) is 11.4 Å². The van der Waals surface area contributed by atoms with Gasteiger partial charge in [-0.3, -0.25) is 10.5 Å². The predicted molar refractivity (Wildman–Crippen MR) is 80.1 cm³/mol. The number of nitrogens with two attached hydrogens (primary N) is 1. The van der Waals surface area contributed by atoms with Crippen LogP contribution in [0.5, 0.6) is 0 Å². The van der Waals surface area contributed by atoms with Crippen molar-refractivity contribution < 1.29 is 0 Å². The third-order valence-electron chi connectivity index (χ3n) is 4.35. The molecule has 0 amide bonds. The number of benzene rings is 1. The predicted octanol–water partition coefficient (Wildman–Crippen LogP) is 2.55. The number of aromatic nitrogens is 2. The molecule has 20 heavy (non-hydrogen) atoms. The first kappa shape index (κ1) is 13.3. The molecule has 3 rings (SSSR count). The van der Waals surface area contributed by atoms with Crippen molar-refractivity contribution >= 4 is 0 Å². The van der Waals surface area contributed by atoms with Crippen molar-refractivity contribution in [3.8, 4) is 0 Å². The minimum Gasteiger partial charge on any atom is -0.271 e. The number of nitrogens with one attached hydrogen (secondary N) is 1. The van der Waals surface area contributed by atoms with Gasteiger partial charge in [-0.1, -0.05) is 30.7 Å². The molecule has 1 aromatic heterocycles. The summed E-state index contributed by atoms with van der Waals surface area (Å²) in [6.45, 7) is 2.01. The zero-order valence-electron chi connectivity index (χ0n) is 12.1. The molecule has 1 unspecified atom stereocenters. The Labute approximate surface area is 120 Å². The van der Waals surface area contributed by atoms with Gasteiger partial charge in [-0.25, -0.2) is 5.43 Å². The SMILES string of the molecule is Cc1cc(C(NN)c2ccccc2C2CCC2)n(C)n1. The molecule has 0 saturated heterocycles. The lowest BCUT2D eigenvalue weighted by molar-refractivity contribution is 0.413. The first-order valence-electron chi connectivity index (χ1n) is 7.26. The summed E-state index contributed by atoms with van der Waals surface area (Å²) in [5.41, 5.74) is 7.81. The molecule has 1 aliphatic carbocycles. The zero-order chi connectivity index (χ0) is 14.1. The molecule has 1 aliphatic rings. The molecule has 3 N–H and O–H groups in total. The molecule has 0 bridgehead atoms. The number of nitrogens with zero attached hydrogens (tertiary/aromatic N) is 2. The van der Waals surface area contributed by atoms with Gasteiger partial charge in [-0.05, 0) is 42.9 Å². The van der Waals surface area contributed by atoms with Gasteiger partial charge in [0, 0.05) is 7.05 Å². The standard InChI is InChI=1S/C16H22N4/c1-11-10-15(20(2)19-11)16(18-17)14-9-4-3-8-13(14)12-6-5-7-12/h3-4,8-10,12,16,18H,5-7,17H2,1-2H3. The maximum absolute atomic E-state index is 5.85. The molecular formula is C16H22N4. The summed E-state index contributed by atoms with van der Waals surface area (Å²) in [4.78, 5) is 0. The van der Waals surface area contributed by atoms with Crippen LogP contribution < -0.4 is 11.3 Å². The second-order valence-electron chi connectivity index (χ2n) is 5.69. The largest absolute Gasteiger partial charge is 0.271 e. The maximum atomic E-state index is 5.85. The molecule has 0 spiro atoms. The number of aryl methyl sites for hydroxylation is 2. The average molecular weight is 270 g/mol. The van der Waals surface area contributed by atoms with Crippen LogP contribution in [0, 0.1) is 6.92 Å². The number of hydrogen-bond donors (Lipinski definition) is 2. The van der Waals surface area contributed by atoms with Crippen LogP contribution in [-0.2, 0) is 7.05 Å². The fraction of sp³-hybridized carbons (Fsp3) is 0.438. The summed E-state index contributed by atoms with van der Waals surface area (Å²) >= 11 is 0. The molecule has 4 nitrogen and oxygen atoms in total. The highest BCUT2D eigenvalue weighted by Crippen LogP contribution is 2.40. The van der Waals surface area contributed by atoms with Crippen LogP contribution in [-0.4, -0.2) is 9.78 Å². The highest BCUT2D eigenvalue weighted by molar-refractivity contribution is 5.38. The lowest BCUT2D eigenvalue weighted by atomic mass is 9.77. The van der Waals surface area contributed by atoms with Crippen LogP contribution in [0.2, 0.25) is 0 Å². The maximum Gasteiger partial charge on any atom is 0.0881 e. The van der Waals surface area contributed by atoms with Gasteiger partial charge < -0.3 is 0 Å². The molecule has 1 fully saturated rings. The monoisotopic (exact) mass is 270 g/mol. The minimum atomic E-state index is -0.00185. The van der Waals surface area contributed by atoms with Gasteiger partial charge in [-0.15, -0.1) is 0 Å². The summed E-state index contributed by atoms with van der Waals surface area (Å²) < 4.78 is 1.91. The third kappa shape index (κ3) is 2.25. The summed E-state index contributed by atoms with van der Waals surface area (Å²) in [5, 5.41) is 4.44. The number of rotatable bonds is 4. The molecular weight excluding hydrogens is 248 g/mol.